The number of allylic oxidation sites excluding steroid dienone is 9. The van der Waals surface area contributed by atoms with E-state index in [2.05, 4.69) is 60.9 Å². The van der Waals surface area contributed by atoms with Crippen LogP contribution in [-0.4, -0.2) is 53.9 Å². The predicted molar refractivity (Wildman–Crippen MR) is 226 cm³/mol. The molecule has 0 fully saturated rings. The molecule has 4 N–H and O–H groups in total. The summed E-state index contributed by atoms with van der Waals surface area (Å²) in [4.78, 5) is 33.4. The van der Waals surface area contributed by atoms with E-state index in [0.717, 1.165) is 44.9 Å². The van der Waals surface area contributed by atoms with Gasteiger partial charge in [-0.15, -0.1) is 0 Å². The predicted octanol–water partition coefficient (Wildman–Crippen LogP) is 12.0. The molecule has 0 aromatic heterocycles. The summed E-state index contributed by atoms with van der Waals surface area (Å²) in [5.41, 5.74) is 5.34. The fourth-order valence-corrected chi connectivity index (χ4v) is 6.28. The number of hydrogen-bond acceptors (Lipinski definition) is 8. The van der Waals surface area contributed by atoms with Crippen LogP contribution in [0.25, 0.3) is 0 Å². The molecule has 0 aliphatic rings. The molecule has 0 spiro atoms. The summed E-state index contributed by atoms with van der Waals surface area (Å²) in [7, 11) is -4.65. The van der Waals surface area contributed by atoms with Gasteiger partial charge in [-0.2, -0.15) is 0 Å². The Balaban J connectivity index is 4.41. The van der Waals surface area contributed by atoms with E-state index in [9.17, 15) is 19.0 Å². The zero-order chi connectivity index (χ0) is 40.5. The minimum Gasteiger partial charge on any atom is -0.498 e. The largest absolute Gasteiger partial charge is 0.498 e. The molecule has 0 radical (unpaired) electrons. The number of carbonyl (C=O) groups is 2. The second-order valence-electron chi connectivity index (χ2n) is 14.2. The molecule has 0 saturated carbocycles. The minimum absolute atomic E-state index is 0.0905. The Bertz CT molecular complexity index is 1100. The molecule has 0 aliphatic carbocycles. The third kappa shape index (κ3) is 39.5. The number of phosphoric acid groups is 1. The lowest BCUT2D eigenvalue weighted by Crippen LogP contribution is -2.34. The Kier molecular flexibility index (Phi) is 37.9. The fourth-order valence-electron chi connectivity index (χ4n) is 5.50. The monoisotopic (exact) mass is 796 g/mol. The van der Waals surface area contributed by atoms with Crippen molar-refractivity contribution < 1.29 is 42.7 Å². The van der Waals surface area contributed by atoms with Crippen molar-refractivity contribution in [3.8, 4) is 0 Å². The van der Waals surface area contributed by atoms with Crippen LogP contribution in [0.2, 0.25) is 0 Å². The summed E-state index contributed by atoms with van der Waals surface area (Å²) in [6.07, 6.45) is 47.9. The molecule has 318 valence electrons. The number of unbranched alkanes of at least 4 members (excludes halogenated alkanes) is 18. The number of nitrogens with two attached hydrogens (primary N) is 1. The Hall–Kier alpha value is -2.49. The zero-order valence-corrected chi connectivity index (χ0v) is 35.4. The Morgan fingerprint density at radius 3 is 1.53 bits per heavy atom. The highest BCUT2D eigenvalue weighted by Gasteiger charge is 2.27. The third-order valence-corrected chi connectivity index (χ3v) is 9.81. The van der Waals surface area contributed by atoms with E-state index >= 15 is 0 Å². The maximum Gasteiger partial charge on any atom is 0.472 e. The van der Waals surface area contributed by atoms with Crippen molar-refractivity contribution in [1.82, 2.24) is 0 Å². The number of carboxylic acids is 1. The second kappa shape index (κ2) is 39.7. The molecular formula is C44H78NO9P. The molecule has 0 saturated heterocycles. The molecule has 55 heavy (non-hydrogen) atoms. The van der Waals surface area contributed by atoms with Gasteiger partial charge < -0.3 is 25.2 Å². The number of aliphatic carboxylic acids is 1. The molecule has 0 rings (SSSR count). The van der Waals surface area contributed by atoms with E-state index < -0.39 is 45.1 Å². The molecule has 0 heterocycles. The SMILES string of the molecule is CCCCC/C=C\C/C=C\C/C=C\C/C=C\CCCC(=O)O[C@H](CO/C=C\CCCCCCCCCCCCCCCC)COP(=O)(O)OC[C@H](N)C(=O)O. The first kappa shape index (κ1) is 52.5. The van der Waals surface area contributed by atoms with Crippen LogP contribution in [0.3, 0.4) is 0 Å². The first-order chi connectivity index (χ1) is 26.7. The molecule has 0 aliphatic heterocycles. The average Bonchev–Trinajstić information content (AvgIpc) is 3.16. The molecule has 0 amide bonds. The van der Waals surface area contributed by atoms with E-state index in [1.807, 2.05) is 12.2 Å². The quantitative estimate of drug-likeness (QED) is 0.0179. The van der Waals surface area contributed by atoms with E-state index in [0.29, 0.717) is 12.8 Å². The molecule has 3 atom stereocenters. The van der Waals surface area contributed by atoms with Gasteiger partial charge in [0, 0.05) is 6.42 Å². The average molecular weight is 796 g/mol. The van der Waals surface area contributed by atoms with Crippen molar-refractivity contribution in [2.24, 2.45) is 5.73 Å². The van der Waals surface area contributed by atoms with Gasteiger partial charge in [-0.05, 0) is 63.9 Å². The smallest absolute Gasteiger partial charge is 0.472 e. The van der Waals surface area contributed by atoms with Gasteiger partial charge in [0.1, 0.15) is 12.6 Å². The summed E-state index contributed by atoms with van der Waals surface area (Å²) in [6, 6.07) is -1.49. The zero-order valence-electron chi connectivity index (χ0n) is 34.5. The molecular weight excluding hydrogens is 717 g/mol. The van der Waals surface area contributed by atoms with Crippen LogP contribution in [0, 0.1) is 0 Å². The van der Waals surface area contributed by atoms with Crippen LogP contribution in [0.15, 0.2) is 60.9 Å². The Morgan fingerprint density at radius 2 is 1.00 bits per heavy atom. The number of carbonyl (C=O) groups excluding carboxylic acids is 1. The van der Waals surface area contributed by atoms with Crippen molar-refractivity contribution >= 4 is 19.8 Å². The highest BCUT2D eigenvalue weighted by molar-refractivity contribution is 7.47. The number of rotatable bonds is 40. The molecule has 0 aromatic rings. The van der Waals surface area contributed by atoms with Gasteiger partial charge in [0.25, 0.3) is 0 Å². The Morgan fingerprint density at radius 1 is 0.582 bits per heavy atom. The van der Waals surface area contributed by atoms with Gasteiger partial charge in [0.15, 0.2) is 6.10 Å². The first-order valence-electron chi connectivity index (χ1n) is 21.4. The lowest BCUT2D eigenvalue weighted by molar-refractivity contribution is -0.153. The van der Waals surface area contributed by atoms with E-state index in [4.69, 9.17) is 24.8 Å². The normalized spacial score (nSPS) is 14.5. The molecule has 11 heteroatoms. The van der Waals surface area contributed by atoms with Gasteiger partial charge in [0.2, 0.25) is 0 Å². The molecule has 0 bridgehead atoms. The lowest BCUT2D eigenvalue weighted by Gasteiger charge is -2.20. The van der Waals surface area contributed by atoms with Gasteiger partial charge in [-0.25, -0.2) is 4.57 Å². The van der Waals surface area contributed by atoms with Crippen LogP contribution in [0.4, 0.5) is 0 Å². The van der Waals surface area contributed by atoms with Gasteiger partial charge >= 0.3 is 19.8 Å². The maximum atomic E-state index is 12.6. The van der Waals surface area contributed by atoms with Crippen LogP contribution in [0.5, 0.6) is 0 Å². The maximum absolute atomic E-state index is 12.6. The number of esters is 1. The van der Waals surface area contributed by atoms with E-state index in [1.54, 1.807) is 6.26 Å². The molecule has 10 nitrogen and oxygen atoms in total. The number of carboxylic acid groups (broad SMARTS) is 1. The highest BCUT2D eigenvalue weighted by Crippen LogP contribution is 2.43. The van der Waals surface area contributed by atoms with Gasteiger partial charge in [-0.3, -0.25) is 18.6 Å². The Labute approximate surface area is 334 Å². The van der Waals surface area contributed by atoms with Crippen LogP contribution < -0.4 is 5.73 Å². The van der Waals surface area contributed by atoms with Crippen molar-refractivity contribution in [2.45, 2.75) is 187 Å². The summed E-state index contributed by atoms with van der Waals surface area (Å²) >= 11 is 0. The standard InChI is InChI=1S/C44H78NO9P/c1-3-5-7-9-11-13-15-17-19-21-22-24-26-28-30-32-34-36-43(46)54-41(39-52-55(49,50)53-40-42(45)44(47)48)38-51-37-35-33-31-29-27-25-23-20-18-16-14-12-10-8-6-4-2/h11,13,17,19,22,24,28,30,35,37,41-42H,3-10,12,14-16,18,20-21,23,25-27,29,31-34,36,38-40,45H2,1-2H3,(H,47,48)(H,49,50)/b13-11-,19-17-,24-22-,30-28-,37-35-/t41-,42+/m1/s1. The summed E-state index contributed by atoms with van der Waals surface area (Å²) in [6.45, 7) is 3.19. The highest BCUT2D eigenvalue weighted by atomic mass is 31.2. The summed E-state index contributed by atoms with van der Waals surface area (Å²) in [5, 5.41) is 8.88. The second-order valence-corrected chi connectivity index (χ2v) is 15.6. The minimum atomic E-state index is -4.65. The van der Waals surface area contributed by atoms with Crippen molar-refractivity contribution in [2.75, 3.05) is 19.8 Å². The first-order valence-corrected chi connectivity index (χ1v) is 22.9. The van der Waals surface area contributed by atoms with Crippen LogP contribution in [0.1, 0.15) is 174 Å². The summed E-state index contributed by atoms with van der Waals surface area (Å²) in [5.74, 6) is -1.87. The van der Waals surface area contributed by atoms with E-state index in [-0.39, 0.29) is 13.0 Å². The van der Waals surface area contributed by atoms with Gasteiger partial charge in [-0.1, -0.05) is 159 Å². The number of hydrogen-bond donors (Lipinski definition) is 3. The molecule has 1 unspecified atom stereocenters. The number of phosphoric ester groups is 1. The van der Waals surface area contributed by atoms with Crippen molar-refractivity contribution in [3.63, 3.8) is 0 Å². The van der Waals surface area contributed by atoms with Crippen LogP contribution in [-0.2, 0) is 32.7 Å². The van der Waals surface area contributed by atoms with Crippen molar-refractivity contribution in [1.29, 1.82) is 0 Å². The van der Waals surface area contributed by atoms with Gasteiger partial charge in [0.05, 0.1) is 19.5 Å². The number of ether oxygens (including phenoxy) is 2. The lowest BCUT2D eigenvalue weighted by atomic mass is 10.0. The third-order valence-electron chi connectivity index (χ3n) is 8.86. The summed E-state index contributed by atoms with van der Waals surface area (Å²) < 4.78 is 33.0. The fraction of sp³-hybridized carbons (Fsp3) is 0.727. The topological polar surface area (TPSA) is 155 Å². The molecule has 0 aromatic carbocycles. The van der Waals surface area contributed by atoms with Crippen LogP contribution >= 0.6 is 7.82 Å². The van der Waals surface area contributed by atoms with Crippen molar-refractivity contribution in [3.05, 3.63) is 60.9 Å². The van der Waals surface area contributed by atoms with E-state index in [1.165, 1.54) is 96.3 Å².